The third kappa shape index (κ3) is 4.44. The number of hydrogen-bond donors (Lipinski definition) is 2. The van der Waals surface area contributed by atoms with Crippen molar-refractivity contribution in [3.05, 3.63) is 23.8 Å². The van der Waals surface area contributed by atoms with Crippen LogP contribution in [0.15, 0.2) is 23.1 Å². The Bertz CT molecular complexity index is 697. The summed E-state index contributed by atoms with van der Waals surface area (Å²) in [4.78, 5) is 10.4. The Labute approximate surface area is 134 Å². The zero-order valence-electron chi connectivity index (χ0n) is 13.0. The van der Waals surface area contributed by atoms with Gasteiger partial charge in [-0.1, -0.05) is 0 Å². The number of rotatable bonds is 8. The van der Waals surface area contributed by atoms with E-state index in [0.717, 1.165) is 10.4 Å². The highest BCUT2D eigenvalue weighted by Gasteiger charge is 2.27. The van der Waals surface area contributed by atoms with Crippen LogP contribution in [0.1, 0.15) is 5.56 Å². The van der Waals surface area contributed by atoms with Crippen molar-refractivity contribution < 1.29 is 32.9 Å². The zero-order valence-corrected chi connectivity index (χ0v) is 13.8. The summed E-state index contributed by atoms with van der Waals surface area (Å²) in [5, 5.41) is 17.6. The smallest absolute Gasteiger partial charge is 0.328 e. The van der Waals surface area contributed by atoms with Crippen LogP contribution >= 0.6 is 0 Å². The molecular weight excluding hydrogens is 326 g/mol. The molecule has 2 N–H and O–H groups in total. The van der Waals surface area contributed by atoms with E-state index in [2.05, 4.69) is 0 Å². The molecule has 0 radical (unpaired) electrons. The lowest BCUT2D eigenvalue weighted by Crippen LogP contribution is -2.30. The number of aliphatic carboxylic acids is 1. The van der Waals surface area contributed by atoms with E-state index in [4.69, 9.17) is 19.7 Å². The summed E-state index contributed by atoms with van der Waals surface area (Å²) in [5.41, 5.74) is 0.320. The van der Waals surface area contributed by atoms with Crippen LogP contribution in [0.2, 0.25) is 0 Å². The number of aliphatic hydroxyl groups excluding tert-OH is 1. The van der Waals surface area contributed by atoms with Gasteiger partial charge in [0.05, 0.1) is 20.8 Å². The maximum absolute atomic E-state index is 12.6. The molecule has 0 aromatic heterocycles. The van der Waals surface area contributed by atoms with Crippen LogP contribution in [0.5, 0.6) is 11.5 Å². The predicted octanol–water partition coefficient (Wildman–Crippen LogP) is 0.414. The molecule has 1 aromatic carbocycles. The van der Waals surface area contributed by atoms with Crippen molar-refractivity contribution in [2.45, 2.75) is 4.90 Å². The maximum Gasteiger partial charge on any atom is 0.328 e. The number of ether oxygens (including phenoxy) is 2. The van der Waals surface area contributed by atoms with Crippen LogP contribution < -0.4 is 9.47 Å². The number of methoxy groups -OCH3 is 2. The first-order valence-electron chi connectivity index (χ1n) is 6.52. The second-order valence-electron chi connectivity index (χ2n) is 4.48. The monoisotopic (exact) mass is 345 g/mol. The van der Waals surface area contributed by atoms with Gasteiger partial charge < -0.3 is 19.7 Å². The number of benzene rings is 1. The molecule has 23 heavy (non-hydrogen) atoms. The molecule has 128 valence electrons. The van der Waals surface area contributed by atoms with Crippen LogP contribution in [-0.2, 0) is 14.8 Å². The molecule has 0 fully saturated rings. The minimum atomic E-state index is -3.95. The lowest BCUT2D eigenvalue weighted by molar-refractivity contribution is -0.131. The van der Waals surface area contributed by atoms with E-state index in [9.17, 15) is 13.2 Å². The largest absolute Gasteiger partial charge is 0.493 e. The van der Waals surface area contributed by atoms with Gasteiger partial charge in [-0.3, -0.25) is 0 Å². The average Bonchev–Trinajstić information content (AvgIpc) is 2.51. The zero-order chi connectivity index (χ0) is 17.6. The first kappa shape index (κ1) is 18.9. The molecule has 0 unspecified atom stereocenters. The molecule has 1 rings (SSSR count). The molecule has 0 bridgehead atoms. The Kier molecular flexibility index (Phi) is 6.55. The Morgan fingerprint density at radius 2 is 1.96 bits per heavy atom. The Morgan fingerprint density at radius 1 is 1.30 bits per heavy atom. The highest BCUT2D eigenvalue weighted by molar-refractivity contribution is 7.89. The summed E-state index contributed by atoms with van der Waals surface area (Å²) in [6, 6.07) is 2.74. The van der Waals surface area contributed by atoms with E-state index in [0.29, 0.717) is 5.56 Å². The van der Waals surface area contributed by atoms with Gasteiger partial charge in [-0.25, -0.2) is 13.2 Å². The third-order valence-corrected chi connectivity index (χ3v) is 4.85. The number of nitrogens with zero attached hydrogens (tertiary/aromatic N) is 1. The molecule has 0 saturated carbocycles. The fraction of sp³-hybridized carbons (Fsp3) is 0.357. The molecule has 0 aliphatic heterocycles. The van der Waals surface area contributed by atoms with Gasteiger partial charge in [0.1, 0.15) is 4.90 Å². The molecular formula is C14H19NO7S. The average molecular weight is 345 g/mol. The number of carboxylic acid groups (broad SMARTS) is 1. The number of carboxylic acids is 1. The third-order valence-electron chi connectivity index (χ3n) is 2.99. The Balaban J connectivity index is 3.55. The minimum Gasteiger partial charge on any atom is -0.493 e. The quantitative estimate of drug-likeness (QED) is 0.656. The van der Waals surface area contributed by atoms with Gasteiger partial charge in [0.15, 0.2) is 11.5 Å². The minimum absolute atomic E-state index is 0.00441. The molecule has 9 heteroatoms. The van der Waals surface area contributed by atoms with Gasteiger partial charge in [-0.05, 0) is 23.8 Å². The SMILES string of the molecule is COc1cc(C=CC(=O)O)cc(S(=O)(=O)N(C)CCO)c1OC. The summed E-state index contributed by atoms with van der Waals surface area (Å²) in [6.45, 7) is -0.434. The van der Waals surface area contributed by atoms with Gasteiger partial charge in [0, 0.05) is 19.7 Å². The topological polar surface area (TPSA) is 113 Å². The summed E-state index contributed by atoms with van der Waals surface area (Å²) in [6.07, 6.45) is 2.13. The van der Waals surface area contributed by atoms with E-state index in [1.807, 2.05) is 0 Å². The molecule has 0 amide bonds. The van der Waals surface area contributed by atoms with Crippen LogP contribution in [0, 0.1) is 0 Å². The molecule has 0 atom stereocenters. The van der Waals surface area contributed by atoms with Crippen LogP contribution in [-0.4, -0.2) is 63.3 Å². The number of likely N-dealkylation sites (N-methyl/N-ethyl adjacent to an activating group) is 1. The van der Waals surface area contributed by atoms with Crippen molar-refractivity contribution in [1.82, 2.24) is 4.31 Å². The number of aliphatic hydroxyl groups is 1. The molecule has 0 heterocycles. The van der Waals surface area contributed by atoms with Crippen molar-refractivity contribution in [2.75, 3.05) is 34.4 Å². The van der Waals surface area contributed by atoms with Gasteiger partial charge in [0.25, 0.3) is 0 Å². The summed E-state index contributed by atoms with van der Waals surface area (Å²) in [5.74, 6) is -1.01. The first-order valence-corrected chi connectivity index (χ1v) is 7.96. The summed E-state index contributed by atoms with van der Waals surface area (Å²) >= 11 is 0. The second kappa shape index (κ2) is 7.95. The lowest BCUT2D eigenvalue weighted by Gasteiger charge is -2.19. The summed E-state index contributed by atoms with van der Waals surface area (Å²) < 4.78 is 36.4. The Morgan fingerprint density at radius 3 is 2.43 bits per heavy atom. The van der Waals surface area contributed by atoms with Crippen molar-refractivity contribution >= 4 is 22.1 Å². The van der Waals surface area contributed by atoms with Crippen LogP contribution in [0.25, 0.3) is 6.08 Å². The Hall–Kier alpha value is -2.10. The fourth-order valence-corrected chi connectivity index (χ4v) is 3.19. The molecule has 0 spiro atoms. The summed E-state index contributed by atoms with van der Waals surface area (Å²) in [7, 11) is 0.0111. The molecule has 8 nitrogen and oxygen atoms in total. The van der Waals surface area contributed by atoms with Crippen LogP contribution in [0.4, 0.5) is 0 Å². The second-order valence-corrected chi connectivity index (χ2v) is 6.49. The van der Waals surface area contributed by atoms with Crippen molar-refractivity contribution in [3.63, 3.8) is 0 Å². The molecule has 0 saturated heterocycles. The highest BCUT2D eigenvalue weighted by atomic mass is 32.2. The van der Waals surface area contributed by atoms with E-state index >= 15 is 0 Å². The first-order chi connectivity index (χ1) is 10.8. The van der Waals surface area contributed by atoms with Crippen molar-refractivity contribution in [2.24, 2.45) is 0 Å². The number of sulfonamides is 1. The lowest BCUT2D eigenvalue weighted by atomic mass is 10.2. The van der Waals surface area contributed by atoms with E-state index in [-0.39, 0.29) is 29.5 Å². The van der Waals surface area contributed by atoms with E-state index in [1.54, 1.807) is 0 Å². The van der Waals surface area contributed by atoms with Gasteiger partial charge in [0.2, 0.25) is 10.0 Å². The number of carbonyl (C=O) groups is 1. The number of hydrogen-bond acceptors (Lipinski definition) is 6. The highest BCUT2D eigenvalue weighted by Crippen LogP contribution is 2.37. The fourth-order valence-electron chi connectivity index (χ4n) is 1.83. The standard InChI is InChI=1S/C14H19NO7S/c1-15(6-7-16)23(19,20)12-9-10(4-5-13(17)18)8-11(21-2)14(12)22-3/h4-5,8-9,16H,6-7H2,1-3H3,(H,17,18). The van der Waals surface area contributed by atoms with Crippen molar-refractivity contribution in [3.8, 4) is 11.5 Å². The van der Waals surface area contributed by atoms with Gasteiger partial charge in [-0.2, -0.15) is 4.31 Å². The van der Waals surface area contributed by atoms with Crippen molar-refractivity contribution in [1.29, 1.82) is 0 Å². The molecule has 0 aliphatic rings. The van der Waals surface area contributed by atoms with Gasteiger partial charge >= 0.3 is 5.97 Å². The normalized spacial score (nSPS) is 11.9. The van der Waals surface area contributed by atoms with Crippen LogP contribution in [0.3, 0.4) is 0 Å². The molecule has 1 aromatic rings. The van der Waals surface area contributed by atoms with Gasteiger partial charge in [-0.15, -0.1) is 0 Å². The predicted molar refractivity (Wildman–Crippen MR) is 83.1 cm³/mol. The van der Waals surface area contributed by atoms with E-state index < -0.39 is 16.0 Å². The molecule has 0 aliphatic carbocycles. The van der Waals surface area contributed by atoms with E-state index in [1.165, 1.54) is 39.5 Å². The maximum atomic E-state index is 12.6.